The van der Waals surface area contributed by atoms with E-state index in [1.54, 1.807) is 62.8 Å². The summed E-state index contributed by atoms with van der Waals surface area (Å²) in [5.74, 6) is -2.24. The number of hydrogen-bond donors (Lipinski definition) is 1. The smallest absolute Gasteiger partial charge is 0.425 e. The third-order valence-corrected chi connectivity index (χ3v) is 10.1. The molecule has 56 heavy (non-hydrogen) atoms. The molecule has 2 saturated heterocycles. The zero-order valence-corrected chi connectivity index (χ0v) is 34.1. The molecule has 5 amide bonds. The predicted octanol–water partition coefficient (Wildman–Crippen LogP) is 6.81. The lowest BCUT2D eigenvalue weighted by molar-refractivity contribution is -0.152. The molecule has 3 atom stereocenters. The van der Waals surface area contributed by atoms with Crippen molar-refractivity contribution in [2.45, 2.75) is 111 Å². The van der Waals surface area contributed by atoms with Crippen LogP contribution >= 0.6 is 11.3 Å². The van der Waals surface area contributed by atoms with E-state index in [2.05, 4.69) is 15.3 Å². The second-order valence-corrected chi connectivity index (χ2v) is 17.4. The van der Waals surface area contributed by atoms with Crippen molar-refractivity contribution in [1.29, 1.82) is 0 Å². The summed E-state index contributed by atoms with van der Waals surface area (Å²) in [6.07, 6.45) is 2.72. The molecule has 1 aromatic carbocycles. The van der Waals surface area contributed by atoms with Crippen molar-refractivity contribution in [3.05, 3.63) is 41.7 Å². The number of pyridine rings is 1. The summed E-state index contributed by atoms with van der Waals surface area (Å²) in [4.78, 5) is 81.8. The maximum absolute atomic E-state index is 14.3. The Morgan fingerprint density at radius 3 is 2.29 bits per heavy atom. The summed E-state index contributed by atoms with van der Waals surface area (Å²) < 4.78 is 19.7. The quantitative estimate of drug-likeness (QED) is 0.210. The van der Waals surface area contributed by atoms with Crippen LogP contribution < -0.4 is 10.2 Å². The minimum atomic E-state index is -1.03. The van der Waals surface area contributed by atoms with Gasteiger partial charge in [0.05, 0.1) is 39.0 Å². The van der Waals surface area contributed by atoms with Crippen molar-refractivity contribution in [3.63, 3.8) is 0 Å². The predicted molar refractivity (Wildman–Crippen MR) is 210 cm³/mol. The normalized spacial score (nSPS) is 19.3. The maximum Gasteiger partial charge on any atom is 0.425 e. The van der Waals surface area contributed by atoms with Gasteiger partial charge in [0.1, 0.15) is 22.9 Å². The number of anilines is 2. The van der Waals surface area contributed by atoms with Gasteiger partial charge in [-0.1, -0.05) is 19.9 Å². The van der Waals surface area contributed by atoms with E-state index in [4.69, 9.17) is 19.3 Å². The van der Waals surface area contributed by atoms with Gasteiger partial charge >= 0.3 is 24.0 Å². The summed E-state index contributed by atoms with van der Waals surface area (Å²) >= 11 is 1.49. The lowest BCUT2D eigenvalue weighted by atomic mass is 9.97. The van der Waals surface area contributed by atoms with Crippen molar-refractivity contribution < 1.29 is 38.2 Å². The number of fused-ring (bicyclic) bond motifs is 2. The first-order valence-corrected chi connectivity index (χ1v) is 19.7. The molecular weight excluding hydrogens is 741 g/mol. The highest BCUT2D eigenvalue weighted by Gasteiger charge is 2.41. The molecule has 4 aromatic rings. The molecule has 6 rings (SSSR count). The topological polar surface area (TPSA) is 178 Å². The number of amides is 5. The molecule has 5 heterocycles. The van der Waals surface area contributed by atoms with Crippen LogP contribution in [0.25, 0.3) is 21.1 Å². The van der Waals surface area contributed by atoms with Crippen LogP contribution in [0.15, 0.2) is 36.1 Å². The SMILES string of the molecule is CC(C)C(=O)N1CC(c2ccc3scnc3c2)N(C(=O)C(=O)Nc2cnc(N(C(=O)OC(C)(C)C)C(=O)OC(C)(C)C)c3cn(C4CCCCO4)nc23)CC1C. The summed E-state index contributed by atoms with van der Waals surface area (Å²) in [6.45, 7) is 16.3. The first-order valence-electron chi connectivity index (χ1n) is 18.8. The third kappa shape index (κ3) is 8.78. The lowest BCUT2D eigenvalue weighted by Gasteiger charge is -2.45. The van der Waals surface area contributed by atoms with Crippen molar-refractivity contribution in [3.8, 4) is 0 Å². The molecule has 0 radical (unpaired) electrons. The number of nitrogens with one attached hydrogen (secondary N) is 1. The number of carbonyl (C=O) groups excluding carboxylic acids is 5. The average molecular weight is 791 g/mol. The third-order valence-electron chi connectivity index (χ3n) is 9.32. The van der Waals surface area contributed by atoms with E-state index in [1.165, 1.54) is 22.4 Å². The van der Waals surface area contributed by atoms with Crippen LogP contribution in [0.1, 0.15) is 99.4 Å². The van der Waals surface area contributed by atoms with E-state index in [0.717, 1.165) is 28.6 Å². The van der Waals surface area contributed by atoms with Gasteiger partial charge in [0.2, 0.25) is 5.91 Å². The van der Waals surface area contributed by atoms with Crippen LogP contribution in [0.4, 0.5) is 21.1 Å². The number of hydrogen-bond acceptors (Lipinski definition) is 12. The average Bonchev–Trinajstić information content (AvgIpc) is 3.79. The van der Waals surface area contributed by atoms with Crippen molar-refractivity contribution in [2.24, 2.45) is 5.92 Å². The van der Waals surface area contributed by atoms with Crippen LogP contribution in [0.3, 0.4) is 0 Å². The number of rotatable bonds is 5. The molecule has 2 aliphatic heterocycles. The molecule has 3 unspecified atom stereocenters. The summed E-state index contributed by atoms with van der Waals surface area (Å²) in [6, 6.07) is 4.69. The zero-order chi connectivity index (χ0) is 40.7. The Kier molecular flexibility index (Phi) is 11.4. The standard InChI is InChI=1S/C39H50N8O8S/c1-22(2)34(49)44-20-28(24-13-14-29-26(16-24)41-21-56-29)45(18-23(44)3)35(50)33(48)42-27-17-40-32(25-19-46(43-31(25)27)30-12-10-11-15-53-30)47(36(51)54-38(4,5)6)37(52)55-39(7,8)9/h13-14,16-17,19,21-23,28,30H,10-12,15,18,20H2,1-9H3,(H,42,48). The zero-order valence-electron chi connectivity index (χ0n) is 33.3. The van der Waals surface area contributed by atoms with Gasteiger partial charge in [-0.3, -0.25) is 14.4 Å². The molecule has 2 aliphatic rings. The van der Waals surface area contributed by atoms with Crippen LogP contribution in [0.2, 0.25) is 0 Å². The number of thiazole rings is 1. The second kappa shape index (κ2) is 15.8. The lowest BCUT2D eigenvalue weighted by Crippen LogP contribution is -2.59. The van der Waals surface area contributed by atoms with E-state index >= 15 is 0 Å². The summed E-state index contributed by atoms with van der Waals surface area (Å²) in [5, 5.41) is 7.66. The Labute approximate surface area is 329 Å². The van der Waals surface area contributed by atoms with E-state index in [1.807, 2.05) is 39.0 Å². The number of imide groups is 1. The first-order chi connectivity index (χ1) is 26.3. The molecule has 2 fully saturated rings. The minimum Gasteiger partial charge on any atom is -0.443 e. The Bertz CT molecular complexity index is 2120. The number of benzene rings is 1. The van der Waals surface area contributed by atoms with Crippen molar-refractivity contribution in [1.82, 2.24) is 29.5 Å². The molecule has 16 nitrogen and oxygen atoms in total. The highest BCUT2D eigenvalue weighted by molar-refractivity contribution is 7.16. The van der Waals surface area contributed by atoms with Crippen molar-refractivity contribution >= 4 is 73.9 Å². The van der Waals surface area contributed by atoms with Gasteiger partial charge in [-0.15, -0.1) is 11.3 Å². The van der Waals surface area contributed by atoms with Gasteiger partial charge in [-0.2, -0.15) is 10.00 Å². The Hall–Kier alpha value is -5.16. The molecule has 0 spiro atoms. The van der Waals surface area contributed by atoms with Crippen LogP contribution in [0.5, 0.6) is 0 Å². The van der Waals surface area contributed by atoms with Gasteiger partial charge < -0.3 is 29.3 Å². The maximum atomic E-state index is 14.3. The van der Waals surface area contributed by atoms with E-state index in [-0.39, 0.29) is 53.4 Å². The van der Waals surface area contributed by atoms with Gasteiger partial charge in [0.25, 0.3) is 0 Å². The van der Waals surface area contributed by atoms with E-state index in [9.17, 15) is 24.0 Å². The van der Waals surface area contributed by atoms with E-state index < -0.39 is 47.5 Å². The first kappa shape index (κ1) is 40.5. The number of aromatic nitrogens is 4. The molecule has 0 aliphatic carbocycles. The van der Waals surface area contributed by atoms with Crippen LogP contribution in [-0.2, 0) is 28.6 Å². The van der Waals surface area contributed by atoms with Gasteiger partial charge in [0.15, 0.2) is 5.82 Å². The molecule has 300 valence electrons. The number of piperazine rings is 1. The molecule has 17 heteroatoms. The monoisotopic (exact) mass is 790 g/mol. The second-order valence-electron chi connectivity index (χ2n) is 16.5. The van der Waals surface area contributed by atoms with Crippen LogP contribution in [0, 0.1) is 5.92 Å². The highest BCUT2D eigenvalue weighted by Crippen LogP contribution is 2.35. The van der Waals surface area contributed by atoms with Gasteiger partial charge in [-0.25, -0.2) is 24.2 Å². The number of nitrogens with zero attached hydrogens (tertiary/aromatic N) is 7. The number of ether oxygens (including phenoxy) is 3. The fourth-order valence-corrected chi connectivity index (χ4v) is 7.39. The fourth-order valence-electron chi connectivity index (χ4n) is 6.74. The Balaban J connectivity index is 1.38. The Morgan fingerprint density at radius 2 is 1.66 bits per heavy atom. The molecule has 0 bridgehead atoms. The summed E-state index contributed by atoms with van der Waals surface area (Å²) in [5.41, 5.74) is 1.49. The minimum absolute atomic E-state index is 0.0494. The van der Waals surface area contributed by atoms with Crippen LogP contribution in [-0.4, -0.2) is 96.4 Å². The molecular formula is C39H50N8O8S. The molecule has 1 N–H and O–H groups in total. The fraction of sp³-hybridized carbons (Fsp3) is 0.538. The van der Waals surface area contributed by atoms with Gasteiger partial charge in [0, 0.05) is 37.9 Å². The van der Waals surface area contributed by atoms with Crippen molar-refractivity contribution in [2.75, 3.05) is 29.9 Å². The molecule has 3 aromatic heterocycles. The summed E-state index contributed by atoms with van der Waals surface area (Å²) in [7, 11) is 0. The Morgan fingerprint density at radius 1 is 0.964 bits per heavy atom. The van der Waals surface area contributed by atoms with Gasteiger partial charge in [-0.05, 0) is 85.4 Å². The molecule has 0 saturated carbocycles. The number of carbonyl (C=O) groups is 5. The van der Waals surface area contributed by atoms with E-state index in [0.29, 0.717) is 17.9 Å². The largest absolute Gasteiger partial charge is 0.443 e. The highest BCUT2D eigenvalue weighted by atomic mass is 32.1.